The van der Waals surface area contributed by atoms with Gasteiger partial charge in [0, 0.05) is 25.9 Å². The molecule has 1 unspecified atom stereocenters. The normalized spacial score (nSPS) is 11.3. The van der Waals surface area contributed by atoms with E-state index < -0.39 is 18.0 Å². The number of carbonyl (C=O) groups is 3. The summed E-state index contributed by atoms with van der Waals surface area (Å²) >= 11 is 0. The molecule has 7 nitrogen and oxygen atoms in total. The van der Waals surface area contributed by atoms with E-state index in [0.29, 0.717) is 12.3 Å². The molecule has 21 heavy (non-hydrogen) atoms. The number of amides is 1. The molecule has 0 aliphatic rings. The number of aliphatic carboxylic acids is 2. The van der Waals surface area contributed by atoms with E-state index in [0.717, 1.165) is 13.1 Å². The van der Waals surface area contributed by atoms with Gasteiger partial charge in [-0.25, -0.2) is 0 Å². The average molecular weight is 304 g/mol. The molecule has 0 spiro atoms. The molecule has 0 saturated heterocycles. The first-order valence-corrected chi connectivity index (χ1v) is 7.13. The van der Waals surface area contributed by atoms with Gasteiger partial charge in [0.2, 0.25) is 5.91 Å². The van der Waals surface area contributed by atoms with Gasteiger partial charge in [-0.3, -0.25) is 14.4 Å². The molecular formula is C14H28N2O5. The summed E-state index contributed by atoms with van der Waals surface area (Å²) in [4.78, 5) is 33.1. The van der Waals surface area contributed by atoms with E-state index in [2.05, 4.69) is 13.8 Å². The minimum Gasteiger partial charge on any atom is -0.481 e. The van der Waals surface area contributed by atoms with Crippen LogP contribution in [0.15, 0.2) is 0 Å². The van der Waals surface area contributed by atoms with E-state index in [-0.39, 0.29) is 18.7 Å². The van der Waals surface area contributed by atoms with E-state index in [1.165, 1.54) is 0 Å². The first kappa shape index (κ1) is 21.7. The van der Waals surface area contributed by atoms with Crippen molar-refractivity contribution in [1.82, 2.24) is 4.90 Å². The molecule has 124 valence electrons. The molecule has 0 fully saturated rings. The maximum absolute atomic E-state index is 11.3. The van der Waals surface area contributed by atoms with Gasteiger partial charge in [0.1, 0.15) is 6.04 Å². The minimum absolute atomic E-state index is 0.0231. The third-order valence-electron chi connectivity index (χ3n) is 2.69. The third-order valence-corrected chi connectivity index (χ3v) is 2.69. The first-order valence-electron chi connectivity index (χ1n) is 7.13. The maximum Gasteiger partial charge on any atom is 0.320 e. The fourth-order valence-corrected chi connectivity index (χ4v) is 1.46. The summed E-state index contributed by atoms with van der Waals surface area (Å²) in [6.45, 7) is 9.84. The molecule has 0 radical (unpaired) electrons. The lowest BCUT2D eigenvalue weighted by molar-refractivity contribution is -0.140. The Morgan fingerprint density at radius 1 is 1.10 bits per heavy atom. The van der Waals surface area contributed by atoms with Crippen LogP contribution in [0, 0.1) is 5.92 Å². The largest absolute Gasteiger partial charge is 0.481 e. The number of nitrogens with zero attached hydrogens (tertiary/aromatic N) is 1. The highest BCUT2D eigenvalue weighted by atomic mass is 16.4. The van der Waals surface area contributed by atoms with Crippen LogP contribution in [0.1, 0.15) is 47.0 Å². The second-order valence-corrected chi connectivity index (χ2v) is 5.04. The van der Waals surface area contributed by atoms with Crippen molar-refractivity contribution in [3.05, 3.63) is 0 Å². The molecule has 0 aromatic rings. The van der Waals surface area contributed by atoms with Gasteiger partial charge in [-0.15, -0.1) is 0 Å². The summed E-state index contributed by atoms with van der Waals surface area (Å²) in [6.07, 6.45) is 0.458. The molecule has 0 aliphatic heterocycles. The summed E-state index contributed by atoms with van der Waals surface area (Å²) in [5, 5.41) is 16.3. The van der Waals surface area contributed by atoms with Crippen LogP contribution >= 0.6 is 0 Å². The molecule has 0 bridgehead atoms. The summed E-state index contributed by atoms with van der Waals surface area (Å²) < 4.78 is 0. The van der Waals surface area contributed by atoms with Crippen molar-refractivity contribution in [3.63, 3.8) is 0 Å². The summed E-state index contributed by atoms with van der Waals surface area (Å²) in [7, 11) is 0. The Morgan fingerprint density at radius 3 is 1.86 bits per heavy atom. The smallest absolute Gasteiger partial charge is 0.320 e. The van der Waals surface area contributed by atoms with Crippen molar-refractivity contribution < 1.29 is 24.6 Å². The van der Waals surface area contributed by atoms with Crippen LogP contribution in [0.3, 0.4) is 0 Å². The Labute approximate surface area is 126 Å². The average Bonchev–Trinajstić information content (AvgIpc) is 2.37. The van der Waals surface area contributed by atoms with Crippen LogP contribution in [0.25, 0.3) is 0 Å². The Balaban J connectivity index is 0. The molecule has 4 N–H and O–H groups in total. The van der Waals surface area contributed by atoms with E-state index in [9.17, 15) is 14.4 Å². The van der Waals surface area contributed by atoms with Gasteiger partial charge in [0.05, 0.1) is 0 Å². The predicted octanol–water partition coefficient (Wildman–Crippen LogP) is 1.16. The number of carbonyl (C=O) groups excluding carboxylic acids is 1. The monoisotopic (exact) mass is 304 g/mol. The molecule has 0 saturated carbocycles. The van der Waals surface area contributed by atoms with Crippen LogP contribution in [-0.4, -0.2) is 52.1 Å². The lowest BCUT2D eigenvalue weighted by Gasteiger charge is -2.19. The Kier molecular flexibility index (Phi) is 12.5. The zero-order valence-corrected chi connectivity index (χ0v) is 13.3. The molecule has 1 atom stereocenters. The second-order valence-electron chi connectivity index (χ2n) is 5.04. The van der Waals surface area contributed by atoms with Gasteiger partial charge in [-0.05, 0) is 26.2 Å². The van der Waals surface area contributed by atoms with Crippen molar-refractivity contribution in [2.45, 2.75) is 53.0 Å². The molecule has 0 heterocycles. The van der Waals surface area contributed by atoms with Crippen molar-refractivity contribution >= 4 is 17.8 Å². The van der Waals surface area contributed by atoms with Crippen LogP contribution in [0.4, 0.5) is 0 Å². The summed E-state index contributed by atoms with van der Waals surface area (Å²) in [5.74, 6) is -1.44. The van der Waals surface area contributed by atoms with Crippen molar-refractivity contribution in [2.75, 3.05) is 13.1 Å². The number of carboxylic acid groups (broad SMARTS) is 2. The molecule has 1 amide bonds. The van der Waals surface area contributed by atoms with Gasteiger partial charge in [0.25, 0.3) is 0 Å². The molecule has 0 aliphatic carbocycles. The van der Waals surface area contributed by atoms with E-state index in [1.54, 1.807) is 0 Å². The maximum atomic E-state index is 11.3. The second kappa shape index (κ2) is 12.1. The zero-order valence-electron chi connectivity index (χ0n) is 13.3. The predicted molar refractivity (Wildman–Crippen MR) is 79.9 cm³/mol. The fraction of sp³-hybridized carbons (Fsp3) is 0.786. The van der Waals surface area contributed by atoms with Crippen LogP contribution in [0.5, 0.6) is 0 Å². The fourth-order valence-electron chi connectivity index (χ4n) is 1.46. The number of rotatable bonds is 8. The number of carboxylic acids is 2. The molecule has 0 aromatic carbocycles. The first-order chi connectivity index (χ1) is 9.65. The summed E-state index contributed by atoms with van der Waals surface area (Å²) in [5.41, 5.74) is 5.00. The standard InChI is InChI=1S/C9H19NO.C5H9NO4/c1-5-10(6-2)9(11)7-8(3)4;6-3(5(9)10)1-2-4(7)8/h8H,5-7H2,1-4H3;3H,1-2,6H2,(H,7,8)(H,9,10). The zero-order chi connectivity index (χ0) is 17.0. The minimum atomic E-state index is -1.17. The van der Waals surface area contributed by atoms with Crippen molar-refractivity contribution in [2.24, 2.45) is 11.7 Å². The van der Waals surface area contributed by atoms with Gasteiger partial charge in [-0.1, -0.05) is 13.8 Å². The van der Waals surface area contributed by atoms with Gasteiger partial charge in [0.15, 0.2) is 0 Å². The number of nitrogens with two attached hydrogens (primary N) is 1. The highest BCUT2D eigenvalue weighted by Gasteiger charge is 2.12. The quantitative estimate of drug-likeness (QED) is 0.619. The molecule has 0 aromatic heterocycles. The topological polar surface area (TPSA) is 121 Å². The Morgan fingerprint density at radius 2 is 1.57 bits per heavy atom. The highest BCUT2D eigenvalue weighted by Crippen LogP contribution is 2.03. The number of hydrogen-bond acceptors (Lipinski definition) is 4. The molecular weight excluding hydrogens is 276 g/mol. The van der Waals surface area contributed by atoms with Crippen LogP contribution in [-0.2, 0) is 14.4 Å². The van der Waals surface area contributed by atoms with E-state index in [4.69, 9.17) is 15.9 Å². The summed E-state index contributed by atoms with van der Waals surface area (Å²) in [6, 6.07) is -1.06. The van der Waals surface area contributed by atoms with Gasteiger partial charge >= 0.3 is 11.9 Å². The van der Waals surface area contributed by atoms with E-state index >= 15 is 0 Å². The van der Waals surface area contributed by atoms with Gasteiger partial charge < -0.3 is 20.8 Å². The third kappa shape index (κ3) is 13.1. The molecule has 0 rings (SSSR count). The van der Waals surface area contributed by atoms with Crippen LogP contribution < -0.4 is 5.73 Å². The van der Waals surface area contributed by atoms with Crippen molar-refractivity contribution in [1.29, 1.82) is 0 Å². The van der Waals surface area contributed by atoms with Crippen LogP contribution in [0.2, 0.25) is 0 Å². The lowest BCUT2D eigenvalue weighted by atomic mass is 10.1. The number of hydrogen-bond donors (Lipinski definition) is 3. The highest BCUT2D eigenvalue weighted by molar-refractivity contribution is 5.76. The SMILES string of the molecule is CCN(CC)C(=O)CC(C)C.NC(CCC(=O)O)C(=O)O. The Hall–Kier alpha value is -1.63. The molecule has 7 heteroatoms. The van der Waals surface area contributed by atoms with Crippen molar-refractivity contribution in [3.8, 4) is 0 Å². The van der Waals surface area contributed by atoms with E-state index in [1.807, 2.05) is 18.7 Å². The lowest BCUT2D eigenvalue weighted by Crippen LogP contribution is -2.31. The Bertz CT molecular complexity index is 327. The van der Waals surface area contributed by atoms with Gasteiger partial charge in [-0.2, -0.15) is 0 Å².